The summed E-state index contributed by atoms with van der Waals surface area (Å²) in [6, 6.07) is 7.45. The number of hydrogen-bond acceptors (Lipinski definition) is 4. The van der Waals surface area contributed by atoms with Crippen molar-refractivity contribution in [2.24, 2.45) is 0 Å². The number of para-hydroxylation sites is 1. The summed E-state index contributed by atoms with van der Waals surface area (Å²) >= 11 is 3.34. The van der Waals surface area contributed by atoms with Crippen LogP contribution in [0.15, 0.2) is 28.7 Å². The first kappa shape index (κ1) is 14.8. The number of benzene rings is 1. The van der Waals surface area contributed by atoms with Crippen LogP contribution in [0.25, 0.3) is 0 Å². The molecule has 0 bridgehead atoms. The predicted octanol–water partition coefficient (Wildman–Crippen LogP) is 2.41. The maximum absolute atomic E-state index is 10.6. The molecular weight excluding hydrogens is 332 g/mol. The van der Waals surface area contributed by atoms with E-state index in [-0.39, 0.29) is 12.4 Å². The van der Waals surface area contributed by atoms with Crippen molar-refractivity contribution >= 4 is 35.7 Å². The van der Waals surface area contributed by atoms with Crippen LogP contribution in [-0.4, -0.2) is 34.0 Å². The molecule has 0 aliphatic heterocycles. The van der Waals surface area contributed by atoms with Crippen LogP contribution in [0.2, 0.25) is 0 Å². The van der Waals surface area contributed by atoms with Crippen LogP contribution in [0.1, 0.15) is 0 Å². The minimum Gasteiger partial charge on any atom is -0.490 e. The lowest BCUT2D eigenvalue weighted by Crippen LogP contribution is -2.12. The largest absolute Gasteiger partial charge is 0.490 e. The summed E-state index contributed by atoms with van der Waals surface area (Å²) in [6.45, 7) is 0.740. The molecule has 0 aromatic heterocycles. The predicted molar refractivity (Wildman–Crippen MR) is 70.1 cm³/mol. The third-order valence-electron chi connectivity index (χ3n) is 1.79. The van der Waals surface area contributed by atoms with E-state index in [0.717, 1.165) is 10.2 Å². The third-order valence-corrected chi connectivity index (χ3v) is 3.57. The fourth-order valence-electron chi connectivity index (χ4n) is 1.03. The van der Waals surface area contributed by atoms with Gasteiger partial charge in [-0.1, -0.05) is 12.1 Å². The first-order valence-corrected chi connectivity index (χ1v) is 8.13. The van der Waals surface area contributed by atoms with Gasteiger partial charge in [-0.15, -0.1) is 0 Å². The zero-order valence-corrected chi connectivity index (χ0v) is 12.1. The SMILES string of the molecule is O=S(=O)(Cl)CCOCCOc1ccccc1Br. The Labute approximate surface area is 113 Å². The Morgan fingerprint density at radius 1 is 1.18 bits per heavy atom. The van der Waals surface area contributed by atoms with Gasteiger partial charge < -0.3 is 9.47 Å². The minimum atomic E-state index is -3.47. The van der Waals surface area contributed by atoms with Crippen LogP contribution in [0.5, 0.6) is 5.75 Å². The summed E-state index contributed by atoms with van der Waals surface area (Å²) in [5.41, 5.74) is 0. The van der Waals surface area contributed by atoms with E-state index in [1.54, 1.807) is 0 Å². The molecule has 0 heterocycles. The Hall–Kier alpha value is -0.300. The third kappa shape index (κ3) is 6.88. The molecule has 0 saturated carbocycles. The lowest BCUT2D eigenvalue weighted by molar-refractivity contribution is 0.111. The Balaban J connectivity index is 2.15. The van der Waals surface area contributed by atoms with Crippen molar-refractivity contribution in [3.8, 4) is 5.75 Å². The van der Waals surface area contributed by atoms with Crippen molar-refractivity contribution in [3.05, 3.63) is 28.7 Å². The topological polar surface area (TPSA) is 52.6 Å². The molecule has 0 aliphatic rings. The lowest BCUT2D eigenvalue weighted by atomic mass is 10.3. The van der Waals surface area contributed by atoms with E-state index in [1.165, 1.54) is 0 Å². The Morgan fingerprint density at radius 3 is 2.53 bits per heavy atom. The molecular formula is C10H12BrClO4S. The molecule has 0 radical (unpaired) electrons. The average molecular weight is 344 g/mol. The van der Waals surface area contributed by atoms with Crippen molar-refractivity contribution in [2.75, 3.05) is 25.6 Å². The zero-order chi connectivity index (χ0) is 12.7. The number of ether oxygens (including phenoxy) is 2. The van der Waals surface area contributed by atoms with Gasteiger partial charge in [0.2, 0.25) is 9.05 Å². The summed E-state index contributed by atoms with van der Waals surface area (Å²) in [5, 5.41) is 0. The smallest absolute Gasteiger partial charge is 0.234 e. The summed E-state index contributed by atoms with van der Waals surface area (Å²) < 4.78 is 32.5. The first-order valence-electron chi connectivity index (χ1n) is 4.86. The van der Waals surface area contributed by atoms with Gasteiger partial charge in [-0.25, -0.2) is 8.42 Å². The molecule has 0 aliphatic carbocycles. The van der Waals surface area contributed by atoms with Crippen LogP contribution in [0, 0.1) is 0 Å². The highest BCUT2D eigenvalue weighted by molar-refractivity contribution is 9.10. The van der Waals surface area contributed by atoms with E-state index in [9.17, 15) is 8.42 Å². The molecule has 0 unspecified atom stereocenters. The van der Waals surface area contributed by atoms with E-state index < -0.39 is 9.05 Å². The van der Waals surface area contributed by atoms with Crippen LogP contribution in [0.4, 0.5) is 0 Å². The fourth-order valence-corrected chi connectivity index (χ4v) is 1.94. The molecule has 7 heteroatoms. The van der Waals surface area contributed by atoms with Crippen molar-refractivity contribution in [1.82, 2.24) is 0 Å². The number of hydrogen-bond donors (Lipinski definition) is 0. The van der Waals surface area contributed by atoms with Crippen molar-refractivity contribution < 1.29 is 17.9 Å². The minimum absolute atomic E-state index is 0.0746. The molecule has 1 aromatic carbocycles. The van der Waals surface area contributed by atoms with Crippen molar-refractivity contribution in [3.63, 3.8) is 0 Å². The van der Waals surface area contributed by atoms with Crippen LogP contribution in [-0.2, 0) is 13.8 Å². The molecule has 96 valence electrons. The van der Waals surface area contributed by atoms with Gasteiger partial charge in [0, 0.05) is 10.7 Å². The Kier molecular flexibility index (Phi) is 6.26. The molecule has 0 spiro atoms. The zero-order valence-electron chi connectivity index (χ0n) is 8.93. The summed E-state index contributed by atoms with van der Waals surface area (Å²) in [5.74, 6) is 0.532. The lowest BCUT2D eigenvalue weighted by Gasteiger charge is -2.07. The Morgan fingerprint density at radius 2 is 1.88 bits per heavy atom. The highest BCUT2D eigenvalue weighted by Gasteiger charge is 2.04. The standard InChI is InChI=1S/C10H12BrClO4S/c11-9-3-1-2-4-10(9)16-6-5-15-7-8-17(12,13)14/h1-4H,5-8H2. The van der Waals surface area contributed by atoms with E-state index in [1.807, 2.05) is 24.3 Å². The normalized spacial score (nSPS) is 11.4. The second-order valence-electron chi connectivity index (χ2n) is 3.13. The van der Waals surface area contributed by atoms with Crippen LogP contribution < -0.4 is 4.74 Å². The molecule has 0 atom stereocenters. The van der Waals surface area contributed by atoms with Gasteiger partial charge >= 0.3 is 0 Å². The van der Waals surface area contributed by atoms with E-state index in [2.05, 4.69) is 15.9 Å². The van der Waals surface area contributed by atoms with Gasteiger partial charge in [0.1, 0.15) is 12.4 Å². The second-order valence-corrected chi connectivity index (χ2v) is 6.89. The maximum atomic E-state index is 10.6. The first-order chi connectivity index (χ1) is 7.99. The summed E-state index contributed by atoms with van der Waals surface area (Å²) in [6.07, 6.45) is 0. The molecule has 1 aromatic rings. The molecule has 0 fully saturated rings. The number of rotatable bonds is 7. The van der Waals surface area contributed by atoms with Gasteiger partial charge in [0.25, 0.3) is 0 Å². The molecule has 1 rings (SSSR count). The van der Waals surface area contributed by atoms with Crippen molar-refractivity contribution in [1.29, 1.82) is 0 Å². The fraction of sp³-hybridized carbons (Fsp3) is 0.400. The van der Waals surface area contributed by atoms with Gasteiger partial charge in [0.05, 0.1) is 23.4 Å². The van der Waals surface area contributed by atoms with Gasteiger partial charge in [-0.3, -0.25) is 0 Å². The highest BCUT2D eigenvalue weighted by Crippen LogP contribution is 2.23. The van der Waals surface area contributed by atoms with Crippen LogP contribution >= 0.6 is 26.6 Å². The van der Waals surface area contributed by atoms with E-state index >= 15 is 0 Å². The van der Waals surface area contributed by atoms with Gasteiger partial charge in [-0.05, 0) is 28.1 Å². The Bertz CT molecular complexity index is 449. The highest BCUT2D eigenvalue weighted by atomic mass is 79.9. The summed E-state index contributed by atoms with van der Waals surface area (Å²) in [7, 11) is 1.55. The van der Waals surface area contributed by atoms with Gasteiger partial charge in [-0.2, -0.15) is 0 Å². The molecule has 17 heavy (non-hydrogen) atoms. The quantitative estimate of drug-likeness (QED) is 0.563. The molecule has 4 nitrogen and oxygen atoms in total. The van der Waals surface area contributed by atoms with Gasteiger partial charge in [0.15, 0.2) is 0 Å². The van der Waals surface area contributed by atoms with E-state index in [4.69, 9.17) is 20.2 Å². The average Bonchev–Trinajstić information content (AvgIpc) is 2.24. The maximum Gasteiger partial charge on any atom is 0.234 e. The molecule has 0 amide bonds. The van der Waals surface area contributed by atoms with E-state index in [0.29, 0.717) is 13.2 Å². The monoisotopic (exact) mass is 342 g/mol. The molecule has 0 saturated heterocycles. The summed E-state index contributed by atoms with van der Waals surface area (Å²) in [4.78, 5) is 0. The van der Waals surface area contributed by atoms with Crippen molar-refractivity contribution in [2.45, 2.75) is 0 Å². The van der Waals surface area contributed by atoms with Crippen LogP contribution in [0.3, 0.4) is 0 Å². The second kappa shape index (κ2) is 7.20. The molecule has 0 N–H and O–H groups in total. The number of halogens is 2.